The van der Waals surface area contributed by atoms with Gasteiger partial charge in [-0.05, 0) is 0 Å². The van der Waals surface area contributed by atoms with Gasteiger partial charge < -0.3 is 5.73 Å². The van der Waals surface area contributed by atoms with Crippen LogP contribution in [-0.4, -0.2) is 33.0 Å². The number of nitrogens with two attached hydrogens (primary N) is 1. The van der Waals surface area contributed by atoms with E-state index in [1.807, 2.05) is 18.2 Å². The third-order valence-corrected chi connectivity index (χ3v) is 2.57. The Balaban J connectivity index is 0.000000356. The van der Waals surface area contributed by atoms with Crippen LogP contribution in [0.15, 0.2) is 30.3 Å². The first-order valence-electron chi connectivity index (χ1n) is 5.21. The Hall–Kier alpha value is -1.77. The van der Waals surface area contributed by atoms with Crippen molar-refractivity contribution in [2.75, 3.05) is 12.3 Å². The van der Waals surface area contributed by atoms with Gasteiger partial charge >= 0.3 is 16.1 Å². The normalized spacial score (nSPS) is 10.0. The molecule has 0 aliphatic rings. The fourth-order valence-electron chi connectivity index (χ4n) is 0.810. The number of benzene rings is 1. The molecule has 0 saturated carbocycles. The number of hydrogen-bond donors (Lipinski definition) is 1. The van der Waals surface area contributed by atoms with E-state index in [0.717, 1.165) is 18.8 Å². The summed E-state index contributed by atoms with van der Waals surface area (Å²) in [6, 6.07) is 9.10. The summed E-state index contributed by atoms with van der Waals surface area (Å²) in [5.41, 5.74) is 5.65. The highest BCUT2D eigenvalue weighted by Crippen LogP contribution is 1.93. The Kier molecular flexibility index (Phi) is 8.34. The van der Waals surface area contributed by atoms with Crippen LogP contribution in [0.25, 0.3) is 0 Å². The smallest absolute Gasteiger partial charge is 0.329 e. The first-order chi connectivity index (χ1) is 8.91. The van der Waals surface area contributed by atoms with E-state index in [-0.39, 0.29) is 12.3 Å². The number of aldehydes is 1. The molecule has 0 amide bonds. The van der Waals surface area contributed by atoms with E-state index in [2.05, 4.69) is 9.22 Å². The lowest BCUT2D eigenvalue weighted by molar-refractivity contribution is -0.208. The topological polar surface area (TPSA) is 113 Å². The molecule has 2 N–H and O–H groups in total. The van der Waals surface area contributed by atoms with Crippen molar-refractivity contribution in [3.05, 3.63) is 35.9 Å². The molecule has 0 spiro atoms. The molecule has 0 unspecified atom stereocenters. The molecule has 1 aromatic carbocycles. The highest BCUT2D eigenvalue weighted by molar-refractivity contribution is 7.86. The molecule has 0 bridgehead atoms. The molecule has 0 radical (unpaired) electrons. The van der Waals surface area contributed by atoms with E-state index < -0.39 is 16.1 Å². The summed E-state index contributed by atoms with van der Waals surface area (Å²) in [5.74, 6) is -1.20. The molecule has 0 saturated heterocycles. The molecule has 0 aromatic heterocycles. The summed E-state index contributed by atoms with van der Waals surface area (Å²) in [5, 5.41) is 0. The maximum atomic E-state index is 10.6. The van der Waals surface area contributed by atoms with Crippen LogP contribution in [0.3, 0.4) is 0 Å². The third-order valence-electron chi connectivity index (χ3n) is 1.56. The number of carbonyl (C=O) groups excluding carboxylic acids is 2. The van der Waals surface area contributed by atoms with Gasteiger partial charge in [0.1, 0.15) is 6.29 Å². The fraction of sp³-hybridized carbons (Fsp3) is 0.273. The van der Waals surface area contributed by atoms with Crippen LogP contribution < -0.4 is 5.73 Å². The van der Waals surface area contributed by atoms with Crippen molar-refractivity contribution in [3.63, 3.8) is 0 Å². The summed E-state index contributed by atoms with van der Waals surface area (Å²) < 4.78 is 24.9. The van der Waals surface area contributed by atoms with Gasteiger partial charge in [-0.3, -0.25) is 9.68 Å². The Morgan fingerprint density at radius 1 is 1.32 bits per heavy atom. The molecule has 8 heteroatoms. The monoisotopic (exact) mass is 289 g/mol. The second-order valence-electron chi connectivity index (χ2n) is 3.22. The van der Waals surface area contributed by atoms with Gasteiger partial charge in [-0.2, -0.15) is 8.42 Å². The first kappa shape index (κ1) is 17.2. The third kappa shape index (κ3) is 9.89. The SMILES string of the molecule is CC(=O)OOS(=O)(=O)CCN.O=Cc1ccccc1. The van der Waals surface area contributed by atoms with Crippen molar-refractivity contribution in [2.24, 2.45) is 5.73 Å². The van der Waals surface area contributed by atoms with Crippen molar-refractivity contribution < 1.29 is 27.2 Å². The average molecular weight is 289 g/mol. The van der Waals surface area contributed by atoms with Crippen molar-refractivity contribution in [1.82, 2.24) is 0 Å². The fourth-order valence-corrected chi connectivity index (χ4v) is 1.37. The van der Waals surface area contributed by atoms with Crippen LogP contribution in [0.5, 0.6) is 0 Å². The molecule has 106 valence electrons. The summed E-state index contributed by atoms with van der Waals surface area (Å²) in [7, 11) is -3.79. The first-order valence-corrected chi connectivity index (χ1v) is 6.78. The largest absolute Gasteiger partial charge is 0.340 e. The molecular weight excluding hydrogens is 274 g/mol. The quantitative estimate of drug-likeness (QED) is 0.470. The zero-order valence-electron chi connectivity index (χ0n) is 10.3. The van der Waals surface area contributed by atoms with Gasteiger partial charge in [0.05, 0.1) is 5.75 Å². The predicted molar refractivity (Wildman–Crippen MR) is 67.5 cm³/mol. The van der Waals surface area contributed by atoms with Crippen LogP contribution in [0.1, 0.15) is 17.3 Å². The summed E-state index contributed by atoms with van der Waals surface area (Å²) in [4.78, 5) is 23.8. The van der Waals surface area contributed by atoms with Gasteiger partial charge in [0.15, 0.2) is 0 Å². The lowest BCUT2D eigenvalue weighted by atomic mass is 10.2. The van der Waals surface area contributed by atoms with Crippen molar-refractivity contribution in [3.8, 4) is 0 Å². The van der Waals surface area contributed by atoms with Gasteiger partial charge in [-0.25, -0.2) is 4.79 Å². The van der Waals surface area contributed by atoms with E-state index >= 15 is 0 Å². The number of rotatable bonds is 5. The molecule has 0 aliphatic heterocycles. The highest BCUT2D eigenvalue weighted by atomic mass is 32.2. The van der Waals surface area contributed by atoms with E-state index in [9.17, 15) is 18.0 Å². The van der Waals surface area contributed by atoms with Crippen molar-refractivity contribution >= 4 is 22.4 Å². The van der Waals surface area contributed by atoms with Gasteiger partial charge in [0, 0.05) is 19.0 Å². The van der Waals surface area contributed by atoms with Crippen LogP contribution in [0.4, 0.5) is 0 Å². The second-order valence-corrected chi connectivity index (χ2v) is 4.88. The molecule has 1 rings (SSSR count). The molecule has 7 nitrogen and oxygen atoms in total. The Morgan fingerprint density at radius 3 is 2.26 bits per heavy atom. The van der Waals surface area contributed by atoms with Gasteiger partial charge in [-0.1, -0.05) is 34.7 Å². The minimum Gasteiger partial charge on any atom is -0.329 e. The van der Waals surface area contributed by atoms with Gasteiger partial charge in [-0.15, -0.1) is 0 Å². The van der Waals surface area contributed by atoms with E-state index in [4.69, 9.17) is 5.73 Å². The average Bonchev–Trinajstić information content (AvgIpc) is 2.38. The van der Waals surface area contributed by atoms with Gasteiger partial charge in [0.2, 0.25) is 0 Å². The lowest BCUT2D eigenvalue weighted by Crippen LogP contribution is -2.19. The minimum atomic E-state index is -3.79. The molecule has 1 aromatic rings. The van der Waals surface area contributed by atoms with E-state index in [1.54, 1.807) is 12.1 Å². The number of carbonyl (C=O) groups is 2. The van der Waals surface area contributed by atoms with Crippen molar-refractivity contribution in [1.29, 1.82) is 0 Å². The van der Waals surface area contributed by atoms with E-state index in [0.29, 0.717) is 0 Å². The van der Waals surface area contributed by atoms with Crippen molar-refractivity contribution in [2.45, 2.75) is 6.92 Å². The Morgan fingerprint density at radius 2 is 1.89 bits per heavy atom. The molecule has 0 aliphatic carbocycles. The molecule has 0 fully saturated rings. The Bertz CT molecular complexity index is 485. The van der Waals surface area contributed by atoms with Crippen LogP contribution in [0, 0.1) is 0 Å². The predicted octanol–water partition coefficient (Wildman–Crippen LogP) is 0.269. The Labute approximate surface area is 111 Å². The zero-order chi connectivity index (χ0) is 14.7. The molecule has 19 heavy (non-hydrogen) atoms. The van der Waals surface area contributed by atoms with Crippen LogP contribution in [-0.2, 0) is 24.1 Å². The van der Waals surface area contributed by atoms with Crippen LogP contribution in [0.2, 0.25) is 0 Å². The summed E-state index contributed by atoms with van der Waals surface area (Å²) >= 11 is 0. The maximum absolute atomic E-state index is 10.6. The molecular formula is C11H15NO6S. The van der Waals surface area contributed by atoms with Gasteiger partial charge in [0.25, 0.3) is 0 Å². The summed E-state index contributed by atoms with van der Waals surface area (Å²) in [6.07, 6.45) is 0.833. The second kappa shape index (κ2) is 9.20. The summed E-state index contributed by atoms with van der Waals surface area (Å²) in [6.45, 7) is 0.946. The van der Waals surface area contributed by atoms with Crippen LogP contribution >= 0.6 is 0 Å². The number of hydrogen-bond acceptors (Lipinski definition) is 7. The molecule has 0 atom stereocenters. The standard InChI is InChI=1S/C7H6O.C4H9NO5S/c8-6-7-4-2-1-3-5-7;1-4(6)9-10-11(7,8)3-2-5/h1-6H;2-3,5H2,1H3. The maximum Gasteiger partial charge on any atom is 0.340 e. The lowest BCUT2D eigenvalue weighted by Gasteiger charge is -1.99. The molecule has 0 heterocycles. The highest BCUT2D eigenvalue weighted by Gasteiger charge is 2.12. The minimum absolute atomic E-state index is 0.0798. The van der Waals surface area contributed by atoms with E-state index in [1.165, 1.54) is 0 Å². The zero-order valence-corrected chi connectivity index (χ0v) is 11.1.